The standard InChI is InChI=1S/C10H6FNOS/c1-13-8-3-2-6-4-7(5-12)14-10(6)9(8)11/h2-4H,1H3. The molecule has 0 spiro atoms. The lowest BCUT2D eigenvalue weighted by Crippen LogP contribution is -1.86. The van der Waals surface area contributed by atoms with Crippen LogP contribution >= 0.6 is 11.3 Å². The number of rotatable bonds is 1. The molecule has 0 radical (unpaired) electrons. The van der Waals surface area contributed by atoms with Crippen molar-refractivity contribution >= 4 is 21.4 Å². The zero-order chi connectivity index (χ0) is 10.1. The number of hydrogen-bond acceptors (Lipinski definition) is 3. The Morgan fingerprint density at radius 2 is 2.29 bits per heavy atom. The number of hydrogen-bond donors (Lipinski definition) is 0. The molecule has 0 aliphatic carbocycles. The van der Waals surface area contributed by atoms with Crippen molar-refractivity contribution in [2.75, 3.05) is 7.11 Å². The molecule has 2 aromatic rings. The van der Waals surface area contributed by atoms with Crippen LogP contribution < -0.4 is 4.74 Å². The van der Waals surface area contributed by atoms with Gasteiger partial charge < -0.3 is 4.74 Å². The van der Waals surface area contributed by atoms with E-state index in [0.29, 0.717) is 9.58 Å². The average molecular weight is 207 g/mol. The predicted molar refractivity (Wildman–Crippen MR) is 53.1 cm³/mol. The summed E-state index contributed by atoms with van der Waals surface area (Å²) in [6, 6.07) is 6.97. The van der Waals surface area contributed by atoms with Gasteiger partial charge in [0.2, 0.25) is 0 Å². The third-order valence-electron chi connectivity index (χ3n) is 1.92. The maximum Gasteiger partial charge on any atom is 0.182 e. The first-order valence-electron chi connectivity index (χ1n) is 3.92. The zero-order valence-electron chi connectivity index (χ0n) is 7.37. The highest BCUT2D eigenvalue weighted by atomic mass is 32.1. The lowest BCUT2D eigenvalue weighted by molar-refractivity contribution is 0.389. The van der Waals surface area contributed by atoms with E-state index in [9.17, 15) is 4.39 Å². The van der Waals surface area contributed by atoms with Crippen molar-refractivity contribution in [2.24, 2.45) is 0 Å². The van der Waals surface area contributed by atoms with E-state index in [-0.39, 0.29) is 5.75 Å². The molecule has 70 valence electrons. The summed E-state index contributed by atoms with van der Waals surface area (Å²) < 4.78 is 18.9. The molecule has 2 rings (SSSR count). The van der Waals surface area contributed by atoms with E-state index >= 15 is 0 Å². The second-order valence-electron chi connectivity index (χ2n) is 2.72. The van der Waals surface area contributed by atoms with Crippen LogP contribution in [0, 0.1) is 17.1 Å². The third kappa shape index (κ3) is 1.22. The van der Waals surface area contributed by atoms with Crippen molar-refractivity contribution in [3.8, 4) is 11.8 Å². The summed E-state index contributed by atoms with van der Waals surface area (Å²) in [5, 5.41) is 9.40. The second kappa shape index (κ2) is 3.28. The molecule has 0 aliphatic heterocycles. The van der Waals surface area contributed by atoms with Gasteiger partial charge in [0, 0.05) is 0 Å². The van der Waals surface area contributed by atoms with E-state index in [1.165, 1.54) is 7.11 Å². The van der Waals surface area contributed by atoms with E-state index in [4.69, 9.17) is 10.00 Å². The molecule has 1 heterocycles. The van der Waals surface area contributed by atoms with Crippen LogP contribution in [0.4, 0.5) is 4.39 Å². The van der Waals surface area contributed by atoms with E-state index in [2.05, 4.69) is 0 Å². The van der Waals surface area contributed by atoms with Crippen molar-refractivity contribution in [1.82, 2.24) is 0 Å². The number of ether oxygens (including phenoxy) is 1. The smallest absolute Gasteiger partial charge is 0.182 e. The lowest BCUT2D eigenvalue weighted by Gasteiger charge is -2.00. The van der Waals surface area contributed by atoms with Crippen LogP contribution in [0.2, 0.25) is 0 Å². The molecule has 1 aromatic carbocycles. The first-order chi connectivity index (χ1) is 6.76. The molecule has 0 amide bonds. The largest absolute Gasteiger partial charge is 0.494 e. The monoisotopic (exact) mass is 207 g/mol. The number of nitrogens with zero attached hydrogens (tertiary/aromatic N) is 1. The Labute approximate surface area is 84.2 Å². The van der Waals surface area contributed by atoms with E-state index in [1.807, 2.05) is 6.07 Å². The summed E-state index contributed by atoms with van der Waals surface area (Å²) in [5.74, 6) is -0.180. The van der Waals surface area contributed by atoms with Gasteiger partial charge in [-0.2, -0.15) is 5.26 Å². The molecule has 0 unspecified atom stereocenters. The Balaban J connectivity index is 2.76. The van der Waals surface area contributed by atoms with Crippen molar-refractivity contribution < 1.29 is 9.13 Å². The minimum atomic E-state index is -0.392. The van der Waals surface area contributed by atoms with Crippen LogP contribution in [0.15, 0.2) is 18.2 Å². The molecule has 0 saturated heterocycles. The first kappa shape index (κ1) is 8.97. The highest BCUT2D eigenvalue weighted by molar-refractivity contribution is 7.19. The van der Waals surface area contributed by atoms with Gasteiger partial charge in [-0.1, -0.05) is 0 Å². The molecule has 0 N–H and O–H groups in total. The van der Waals surface area contributed by atoms with Crippen LogP contribution in [0.3, 0.4) is 0 Å². The molecule has 0 bridgehead atoms. The van der Waals surface area contributed by atoms with Gasteiger partial charge in [0.15, 0.2) is 11.6 Å². The van der Waals surface area contributed by atoms with Gasteiger partial charge in [-0.15, -0.1) is 11.3 Å². The quantitative estimate of drug-likeness (QED) is 0.720. The Morgan fingerprint density at radius 3 is 2.93 bits per heavy atom. The number of thiophene rings is 1. The number of fused-ring (bicyclic) bond motifs is 1. The van der Waals surface area contributed by atoms with Gasteiger partial charge in [-0.05, 0) is 23.6 Å². The highest BCUT2D eigenvalue weighted by Crippen LogP contribution is 2.32. The van der Waals surface area contributed by atoms with Crippen LogP contribution in [0.5, 0.6) is 5.75 Å². The molecule has 0 atom stereocenters. The SMILES string of the molecule is COc1ccc2cc(C#N)sc2c1F. The number of methoxy groups -OCH3 is 1. The molecule has 1 aromatic heterocycles. The van der Waals surface area contributed by atoms with Gasteiger partial charge in [-0.25, -0.2) is 4.39 Å². The van der Waals surface area contributed by atoms with E-state index in [1.54, 1.807) is 18.2 Å². The van der Waals surface area contributed by atoms with Crippen molar-refractivity contribution in [2.45, 2.75) is 0 Å². The van der Waals surface area contributed by atoms with Crippen molar-refractivity contribution in [3.05, 3.63) is 28.9 Å². The Morgan fingerprint density at radius 1 is 1.50 bits per heavy atom. The molecular formula is C10H6FNOS. The topological polar surface area (TPSA) is 33.0 Å². The average Bonchev–Trinajstić information content (AvgIpc) is 2.62. The Kier molecular flexibility index (Phi) is 2.10. The molecule has 2 nitrogen and oxygen atoms in total. The first-order valence-corrected chi connectivity index (χ1v) is 4.74. The second-order valence-corrected chi connectivity index (χ2v) is 3.77. The van der Waals surface area contributed by atoms with Gasteiger partial charge in [0.1, 0.15) is 10.9 Å². The molecule has 0 saturated carbocycles. The minimum absolute atomic E-state index is 0.212. The van der Waals surface area contributed by atoms with Gasteiger partial charge in [0.05, 0.1) is 11.8 Å². The normalized spacial score (nSPS) is 10.1. The zero-order valence-corrected chi connectivity index (χ0v) is 8.19. The molecule has 0 fully saturated rings. The fourth-order valence-electron chi connectivity index (χ4n) is 1.26. The van der Waals surface area contributed by atoms with Gasteiger partial charge in [0.25, 0.3) is 0 Å². The van der Waals surface area contributed by atoms with E-state index < -0.39 is 5.82 Å². The molecular weight excluding hydrogens is 201 g/mol. The predicted octanol–water partition coefficient (Wildman–Crippen LogP) is 2.92. The number of benzene rings is 1. The Bertz CT molecular complexity index is 527. The fourth-order valence-corrected chi connectivity index (χ4v) is 2.15. The number of halogens is 1. The minimum Gasteiger partial charge on any atom is -0.494 e. The highest BCUT2D eigenvalue weighted by Gasteiger charge is 2.10. The third-order valence-corrected chi connectivity index (χ3v) is 2.97. The maximum absolute atomic E-state index is 13.6. The summed E-state index contributed by atoms with van der Waals surface area (Å²) in [6.07, 6.45) is 0. The summed E-state index contributed by atoms with van der Waals surface area (Å²) >= 11 is 1.14. The maximum atomic E-state index is 13.6. The van der Waals surface area contributed by atoms with Gasteiger partial charge in [-0.3, -0.25) is 0 Å². The van der Waals surface area contributed by atoms with E-state index in [0.717, 1.165) is 16.7 Å². The van der Waals surface area contributed by atoms with Crippen LogP contribution in [0.25, 0.3) is 10.1 Å². The molecule has 0 aliphatic rings. The fraction of sp³-hybridized carbons (Fsp3) is 0.100. The van der Waals surface area contributed by atoms with Gasteiger partial charge >= 0.3 is 0 Å². The molecule has 14 heavy (non-hydrogen) atoms. The number of nitriles is 1. The van der Waals surface area contributed by atoms with Crippen molar-refractivity contribution in [1.29, 1.82) is 5.26 Å². The summed E-state index contributed by atoms with van der Waals surface area (Å²) in [7, 11) is 1.42. The Hall–Kier alpha value is -1.60. The summed E-state index contributed by atoms with van der Waals surface area (Å²) in [5.41, 5.74) is 0. The van der Waals surface area contributed by atoms with Crippen LogP contribution in [-0.4, -0.2) is 7.11 Å². The summed E-state index contributed by atoms with van der Waals surface area (Å²) in [6.45, 7) is 0. The van der Waals surface area contributed by atoms with Crippen LogP contribution in [0.1, 0.15) is 4.88 Å². The summed E-state index contributed by atoms with van der Waals surface area (Å²) in [4.78, 5) is 0.507. The van der Waals surface area contributed by atoms with Crippen LogP contribution in [-0.2, 0) is 0 Å². The lowest BCUT2D eigenvalue weighted by atomic mass is 10.2. The van der Waals surface area contributed by atoms with Crippen molar-refractivity contribution in [3.63, 3.8) is 0 Å². The molecule has 4 heteroatoms.